The highest BCUT2D eigenvalue weighted by Crippen LogP contribution is 2.33. The fourth-order valence-electron chi connectivity index (χ4n) is 3.74. The quantitative estimate of drug-likeness (QED) is 0.904. The Balaban J connectivity index is 1.39. The van der Waals surface area contributed by atoms with Crippen molar-refractivity contribution >= 4 is 5.91 Å². The van der Waals surface area contributed by atoms with Gasteiger partial charge >= 0.3 is 0 Å². The van der Waals surface area contributed by atoms with Crippen LogP contribution in [0.1, 0.15) is 30.0 Å². The highest BCUT2D eigenvalue weighted by atomic mass is 16.5. The van der Waals surface area contributed by atoms with Crippen molar-refractivity contribution in [1.29, 1.82) is 0 Å². The lowest BCUT2D eigenvalue weighted by atomic mass is 9.99. The molecule has 1 N–H and O–H groups in total. The second kappa shape index (κ2) is 8.01. The van der Waals surface area contributed by atoms with Crippen LogP contribution in [0.4, 0.5) is 0 Å². The van der Waals surface area contributed by atoms with Crippen LogP contribution in [0.5, 0.6) is 11.5 Å². The number of para-hydroxylation sites is 1. The molecule has 0 saturated carbocycles. The minimum Gasteiger partial charge on any atom is -0.490 e. The number of rotatable bonds is 4. The minimum absolute atomic E-state index is 0.0431. The van der Waals surface area contributed by atoms with Gasteiger partial charge in [-0.2, -0.15) is 0 Å². The average Bonchev–Trinajstić information content (AvgIpc) is 2.97. The number of hydrogen-bond donors (Lipinski definition) is 1. The molecule has 27 heavy (non-hydrogen) atoms. The summed E-state index contributed by atoms with van der Waals surface area (Å²) in [5.74, 6) is 1.57. The fourth-order valence-corrected chi connectivity index (χ4v) is 3.74. The van der Waals surface area contributed by atoms with Crippen molar-refractivity contribution in [2.45, 2.75) is 38.9 Å². The largest absolute Gasteiger partial charge is 0.490 e. The van der Waals surface area contributed by atoms with Crippen molar-refractivity contribution in [3.8, 4) is 11.5 Å². The Morgan fingerprint density at radius 3 is 2.81 bits per heavy atom. The summed E-state index contributed by atoms with van der Waals surface area (Å²) in [5, 5.41) is 3.07. The van der Waals surface area contributed by atoms with Crippen LogP contribution in [-0.4, -0.2) is 36.6 Å². The third-order valence-electron chi connectivity index (χ3n) is 5.39. The smallest absolute Gasteiger partial charge is 0.237 e. The van der Waals surface area contributed by atoms with Crippen LogP contribution in [0.25, 0.3) is 0 Å². The summed E-state index contributed by atoms with van der Waals surface area (Å²) in [6, 6.07) is 14.2. The van der Waals surface area contributed by atoms with Gasteiger partial charge in [-0.1, -0.05) is 36.4 Å². The van der Waals surface area contributed by atoms with E-state index in [9.17, 15) is 4.79 Å². The maximum atomic E-state index is 12.7. The molecule has 0 radical (unpaired) electrons. The second-order valence-corrected chi connectivity index (χ2v) is 7.18. The normalized spacial score (nSPS) is 17.5. The zero-order chi connectivity index (χ0) is 18.6. The Hall–Kier alpha value is -2.53. The first-order valence-electron chi connectivity index (χ1n) is 9.68. The lowest BCUT2D eigenvalue weighted by Gasteiger charge is -2.32. The molecule has 0 aliphatic carbocycles. The van der Waals surface area contributed by atoms with E-state index in [1.54, 1.807) is 0 Å². The van der Waals surface area contributed by atoms with Gasteiger partial charge in [0.05, 0.1) is 19.3 Å². The molecule has 1 unspecified atom stereocenters. The van der Waals surface area contributed by atoms with Crippen molar-refractivity contribution in [3.05, 3.63) is 59.2 Å². The molecule has 5 heteroatoms. The molecule has 2 aromatic rings. The van der Waals surface area contributed by atoms with E-state index in [1.165, 1.54) is 11.1 Å². The van der Waals surface area contributed by atoms with Crippen molar-refractivity contribution in [1.82, 2.24) is 10.2 Å². The van der Waals surface area contributed by atoms with Crippen molar-refractivity contribution in [2.24, 2.45) is 0 Å². The first-order valence-corrected chi connectivity index (χ1v) is 9.68. The Kier molecular flexibility index (Phi) is 5.30. The molecule has 1 amide bonds. The van der Waals surface area contributed by atoms with Gasteiger partial charge in [0, 0.05) is 31.6 Å². The fraction of sp³-hybridized carbons (Fsp3) is 0.409. The Morgan fingerprint density at radius 2 is 1.93 bits per heavy atom. The van der Waals surface area contributed by atoms with Crippen molar-refractivity contribution < 1.29 is 14.3 Å². The van der Waals surface area contributed by atoms with Gasteiger partial charge in [-0.25, -0.2) is 0 Å². The molecule has 4 rings (SSSR count). The number of benzene rings is 2. The number of ether oxygens (including phenoxy) is 2. The van der Waals surface area contributed by atoms with Gasteiger partial charge in [0.15, 0.2) is 11.5 Å². The predicted molar refractivity (Wildman–Crippen MR) is 104 cm³/mol. The van der Waals surface area contributed by atoms with E-state index in [4.69, 9.17) is 9.47 Å². The van der Waals surface area contributed by atoms with Gasteiger partial charge in [-0.05, 0) is 30.5 Å². The molecular formula is C22H26N2O3. The summed E-state index contributed by atoms with van der Waals surface area (Å²) >= 11 is 0. The lowest BCUT2D eigenvalue weighted by molar-refractivity contribution is -0.126. The predicted octanol–water partition coefficient (Wildman–Crippen LogP) is 2.91. The first kappa shape index (κ1) is 17.9. The van der Waals surface area contributed by atoms with Gasteiger partial charge in [-0.3, -0.25) is 9.69 Å². The van der Waals surface area contributed by atoms with E-state index >= 15 is 0 Å². The van der Waals surface area contributed by atoms with E-state index in [0.29, 0.717) is 19.8 Å². The van der Waals surface area contributed by atoms with Crippen LogP contribution >= 0.6 is 0 Å². The minimum atomic E-state index is -0.169. The maximum absolute atomic E-state index is 12.7. The number of nitrogens with one attached hydrogen (secondary N) is 1. The van der Waals surface area contributed by atoms with Crippen LogP contribution in [0.15, 0.2) is 42.5 Å². The molecule has 0 bridgehead atoms. The van der Waals surface area contributed by atoms with Crippen LogP contribution < -0.4 is 14.8 Å². The second-order valence-electron chi connectivity index (χ2n) is 7.18. The molecule has 0 aromatic heterocycles. The molecule has 2 aliphatic heterocycles. The first-order chi connectivity index (χ1) is 13.2. The molecule has 0 spiro atoms. The number of carbonyl (C=O) groups excluding carboxylic acids is 1. The van der Waals surface area contributed by atoms with Gasteiger partial charge in [-0.15, -0.1) is 0 Å². The summed E-state index contributed by atoms with van der Waals surface area (Å²) in [6.45, 7) is 5.46. The number of carbonyl (C=O) groups is 1. The zero-order valence-electron chi connectivity index (χ0n) is 15.7. The molecule has 0 fully saturated rings. The Labute approximate surface area is 160 Å². The summed E-state index contributed by atoms with van der Waals surface area (Å²) in [6.07, 6.45) is 1.86. The molecule has 2 heterocycles. The van der Waals surface area contributed by atoms with Crippen LogP contribution in [0, 0.1) is 0 Å². The molecule has 2 aliphatic rings. The summed E-state index contributed by atoms with van der Waals surface area (Å²) in [4.78, 5) is 15.0. The molecule has 142 valence electrons. The van der Waals surface area contributed by atoms with E-state index < -0.39 is 0 Å². The standard InChI is InChI=1S/C22H26N2O3/c1-16(24-11-10-17-6-2-3-7-19(17)15-24)22(25)23-14-18-8-4-9-20-21(18)27-13-5-12-26-20/h2-4,6-9,16H,5,10-15H2,1H3,(H,23,25). The van der Waals surface area contributed by atoms with Crippen LogP contribution in [0.2, 0.25) is 0 Å². The van der Waals surface area contributed by atoms with Crippen molar-refractivity contribution in [3.63, 3.8) is 0 Å². The molecule has 2 aromatic carbocycles. The molecule has 5 nitrogen and oxygen atoms in total. The van der Waals surface area contributed by atoms with Gasteiger partial charge < -0.3 is 14.8 Å². The van der Waals surface area contributed by atoms with E-state index in [1.807, 2.05) is 25.1 Å². The average molecular weight is 366 g/mol. The maximum Gasteiger partial charge on any atom is 0.237 e. The Morgan fingerprint density at radius 1 is 1.11 bits per heavy atom. The molecule has 0 saturated heterocycles. The number of hydrogen-bond acceptors (Lipinski definition) is 4. The Bertz CT molecular complexity index is 821. The summed E-state index contributed by atoms with van der Waals surface area (Å²) < 4.78 is 11.6. The van der Waals surface area contributed by atoms with Gasteiger partial charge in [0.2, 0.25) is 5.91 Å². The van der Waals surface area contributed by atoms with Crippen LogP contribution in [0.3, 0.4) is 0 Å². The summed E-state index contributed by atoms with van der Waals surface area (Å²) in [5.41, 5.74) is 3.67. The van der Waals surface area contributed by atoms with E-state index in [2.05, 4.69) is 34.5 Å². The van der Waals surface area contributed by atoms with Crippen molar-refractivity contribution in [2.75, 3.05) is 19.8 Å². The van der Waals surface area contributed by atoms with Crippen LogP contribution in [-0.2, 0) is 24.3 Å². The SMILES string of the molecule is CC(C(=O)NCc1cccc2c1OCCCO2)N1CCc2ccccc2C1. The summed E-state index contributed by atoms with van der Waals surface area (Å²) in [7, 11) is 0. The highest BCUT2D eigenvalue weighted by Gasteiger charge is 2.25. The lowest BCUT2D eigenvalue weighted by Crippen LogP contribution is -2.46. The highest BCUT2D eigenvalue weighted by molar-refractivity contribution is 5.81. The molecular weight excluding hydrogens is 340 g/mol. The van der Waals surface area contributed by atoms with E-state index in [-0.39, 0.29) is 11.9 Å². The number of fused-ring (bicyclic) bond motifs is 2. The van der Waals surface area contributed by atoms with E-state index in [0.717, 1.165) is 43.0 Å². The third kappa shape index (κ3) is 3.93. The van der Waals surface area contributed by atoms with Gasteiger partial charge in [0.1, 0.15) is 0 Å². The molecule has 1 atom stereocenters. The third-order valence-corrected chi connectivity index (χ3v) is 5.39. The topological polar surface area (TPSA) is 50.8 Å². The number of amides is 1. The zero-order valence-corrected chi connectivity index (χ0v) is 15.7. The monoisotopic (exact) mass is 366 g/mol. The number of nitrogens with zero attached hydrogens (tertiary/aromatic N) is 1. The van der Waals surface area contributed by atoms with Gasteiger partial charge in [0.25, 0.3) is 0 Å².